The van der Waals surface area contributed by atoms with Crippen LogP contribution in [0.25, 0.3) is 0 Å². The second-order valence-electron chi connectivity index (χ2n) is 6.46. The van der Waals surface area contributed by atoms with Gasteiger partial charge in [-0.05, 0) is 46.9 Å². The lowest BCUT2D eigenvalue weighted by Crippen LogP contribution is -2.47. The molecule has 1 atom stereocenters. The Morgan fingerprint density at radius 2 is 2.14 bits per heavy atom. The van der Waals surface area contributed by atoms with Crippen molar-refractivity contribution < 1.29 is 9.53 Å². The van der Waals surface area contributed by atoms with Crippen molar-refractivity contribution in [1.82, 2.24) is 15.2 Å². The van der Waals surface area contributed by atoms with Crippen LogP contribution in [-0.4, -0.2) is 47.8 Å². The summed E-state index contributed by atoms with van der Waals surface area (Å²) in [6.45, 7) is 9.03. The number of carbonyl (C=O) groups is 1. The maximum Gasteiger partial charge on any atom is 0.407 e. The number of alkyl carbamates (subject to hydrolysis) is 1. The van der Waals surface area contributed by atoms with Gasteiger partial charge in [-0.3, -0.25) is 9.88 Å². The summed E-state index contributed by atoms with van der Waals surface area (Å²) in [5.74, 6) is 0. The first-order valence-electron chi connectivity index (χ1n) is 7.51. The minimum atomic E-state index is -0.500. The lowest BCUT2D eigenvalue weighted by molar-refractivity contribution is 0.0511. The highest BCUT2D eigenvalue weighted by molar-refractivity contribution is 5.67. The van der Waals surface area contributed by atoms with Crippen LogP contribution < -0.4 is 11.1 Å². The van der Waals surface area contributed by atoms with E-state index in [-0.39, 0.29) is 6.04 Å². The van der Waals surface area contributed by atoms with Gasteiger partial charge in [0.15, 0.2) is 0 Å². The number of pyridine rings is 1. The summed E-state index contributed by atoms with van der Waals surface area (Å²) in [6.07, 6.45) is -0.423. The van der Waals surface area contributed by atoms with Gasteiger partial charge in [0, 0.05) is 31.4 Å². The number of likely N-dealkylation sites (N-methyl/N-ethyl adjacent to an activating group) is 1. The van der Waals surface area contributed by atoms with E-state index in [0.717, 1.165) is 11.4 Å². The molecule has 0 fully saturated rings. The Bertz CT molecular complexity index is 485. The lowest BCUT2D eigenvalue weighted by Gasteiger charge is -2.27. The van der Waals surface area contributed by atoms with E-state index >= 15 is 0 Å². The number of nitrogens with two attached hydrogens (primary N) is 1. The molecule has 1 aromatic rings. The molecule has 124 valence electrons. The molecule has 0 saturated heterocycles. The number of rotatable bonds is 6. The minimum absolute atomic E-state index is 0.0230. The summed E-state index contributed by atoms with van der Waals surface area (Å²) in [4.78, 5) is 18.3. The molecule has 22 heavy (non-hydrogen) atoms. The molecule has 1 aromatic heterocycles. The number of nitrogens with one attached hydrogen (secondary N) is 1. The molecule has 1 unspecified atom stereocenters. The lowest BCUT2D eigenvalue weighted by atomic mass is 10.2. The van der Waals surface area contributed by atoms with Gasteiger partial charge >= 0.3 is 6.09 Å². The van der Waals surface area contributed by atoms with Gasteiger partial charge in [0.1, 0.15) is 5.60 Å². The highest BCUT2D eigenvalue weighted by atomic mass is 16.6. The van der Waals surface area contributed by atoms with Crippen LogP contribution in [0.1, 0.15) is 32.2 Å². The molecule has 3 N–H and O–H groups in total. The van der Waals surface area contributed by atoms with Gasteiger partial charge in [0.2, 0.25) is 0 Å². The van der Waals surface area contributed by atoms with Gasteiger partial charge < -0.3 is 15.8 Å². The smallest absolute Gasteiger partial charge is 0.407 e. The number of nitrogens with zero attached hydrogens (tertiary/aromatic N) is 2. The highest BCUT2D eigenvalue weighted by Crippen LogP contribution is 2.07. The number of amides is 1. The van der Waals surface area contributed by atoms with E-state index in [1.807, 2.05) is 52.9 Å². The molecule has 1 heterocycles. The van der Waals surface area contributed by atoms with E-state index in [9.17, 15) is 4.79 Å². The molecule has 1 rings (SSSR count). The van der Waals surface area contributed by atoms with Crippen LogP contribution in [0.15, 0.2) is 18.2 Å². The van der Waals surface area contributed by atoms with E-state index in [0.29, 0.717) is 19.6 Å². The van der Waals surface area contributed by atoms with Crippen molar-refractivity contribution in [3.63, 3.8) is 0 Å². The van der Waals surface area contributed by atoms with Crippen LogP contribution >= 0.6 is 0 Å². The first-order chi connectivity index (χ1) is 10.2. The molecule has 0 bridgehead atoms. The number of aromatic nitrogens is 1. The number of hydrogen-bond acceptors (Lipinski definition) is 5. The molecular weight excluding hydrogens is 280 g/mol. The van der Waals surface area contributed by atoms with Crippen molar-refractivity contribution >= 4 is 6.09 Å². The standard InChI is InChI=1S/C16H28N4O2/c1-12-7-6-8-13(19-12)11-20(5)14(9-17)10-18-15(21)22-16(2,3)4/h6-8,14H,9-11,17H2,1-5H3,(H,18,21). The summed E-state index contributed by atoms with van der Waals surface area (Å²) < 4.78 is 5.22. The third-order valence-corrected chi connectivity index (χ3v) is 3.13. The van der Waals surface area contributed by atoms with Gasteiger partial charge in [-0.2, -0.15) is 0 Å². The third-order valence-electron chi connectivity index (χ3n) is 3.13. The fourth-order valence-corrected chi connectivity index (χ4v) is 2.01. The highest BCUT2D eigenvalue weighted by Gasteiger charge is 2.19. The van der Waals surface area contributed by atoms with Crippen molar-refractivity contribution in [3.05, 3.63) is 29.6 Å². The summed E-state index contributed by atoms with van der Waals surface area (Å²) in [5.41, 5.74) is 7.29. The molecule has 0 radical (unpaired) electrons. The van der Waals surface area contributed by atoms with Crippen molar-refractivity contribution in [3.8, 4) is 0 Å². The second kappa shape index (κ2) is 8.10. The SMILES string of the molecule is Cc1cccc(CN(C)C(CN)CNC(=O)OC(C)(C)C)n1. The van der Waals surface area contributed by atoms with Gasteiger partial charge in [-0.15, -0.1) is 0 Å². The normalized spacial score (nSPS) is 13.0. The van der Waals surface area contributed by atoms with E-state index in [4.69, 9.17) is 10.5 Å². The van der Waals surface area contributed by atoms with E-state index in [2.05, 4.69) is 15.2 Å². The zero-order chi connectivity index (χ0) is 16.8. The Balaban J connectivity index is 2.51. The summed E-state index contributed by atoms with van der Waals surface area (Å²) in [7, 11) is 1.97. The Hall–Kier alpha value is -1.66. The molecule has 0 spiro atoms. The summed E-state index contributed by atoms with van der Waals surface area (Å²) in [6, 6.07) is 5.96. The molecule has 0 aliphatic carbocycles. The molecule has 6 nitrogen and oxygen atoms in total. The Morgan fingerprint density at radius 3 is 2.68 bits per heavy atom. The first kappa shape index (κ1) is 18.4. The summed E-state index contributed by atoms with van der Waals surface area (Å²) >= 11 is 0. The van der Waals surface area contributed by atoms with Gasteiger partial charge in [-0.25, -0.2) is 4.79 Å². The number of carbonyl (C=O) groups excluding carboxylic acids is 1. The van der Waals surface area contributed by atoms with Crippen molar-refractivity contribution in [2.45, 2.75) is 45.9 Å². The van der Waals surface area contributed by atoms with Crippen LogP contribution in [-0.2, 0) is 11.3 Å². The zero-order valence-electron chi connectivity index (χ0n) is 14.2. The van der Waals surface area contributed by atoms with Gasteiger partial charge in [0.25, 0.3) is 0 Å². The maximum absolute atomic E-state index is 11.7. The zero-order valence-corrected chi connectivity index (χ0v) is 14.2. The Morgan fingerprint density at radius 1 is 1.45 bits per heavy atom. The number of ether oxygens (including phenoxy) is 1. The monoisotopic (exact) mass is 308 g/mol. The van der Waals surface area contributed by atoms with E-state index < -0.39 is 11.7 Å². The minimum Gasteiger partial charge on any atom is -0.444 e. The Kier molecular flexibility index (Phi) is 6.77. The van der Waals surface area contributed by atoms with Crippen molar-refractivity contribution in [2.75, 3.05) is 20.1 Å². The van der Waals surface area contributed by atoms with Crippen molar-refractivity contribution in [2.24, 2.45) is 5.73 Å². The summed E-state index contributed by atoms with van der Waals surface area (Å²) in [5, 5.41) is 2.77. The van der Waals surface area contributed by atoms with Crippen LogP contribution in [0.2, 0.25) is 0 Å². The quantitative estimate of drug-likeness (QED) is 0.835. The van der Waals surface area contributed by atoms with Crippen LogP contribution in [0.3, 0.4) is 0 Å². The predicted octanol–water partition coefficient (Wildman–Crippen LogP) is 1.67. The molecule has 6 heteroatoms. The topological polar surface area (TPSA) is 80.5 Å². The van der Waals surface area contributed by atoms with Gasteiger partial charge in [-0.1, -0.05) is 6.07 Å². The van der Waals surface area contributed by atoms with Crippen LogP contribution in [0.5, 0.6) is 0 Å². The van der Waals surface area contributed by atoms with Crippen molar-refractivity contribution in [1.29, 1.82) is 0 Å². The number of aryl methyl sites for hydroxylation is 1. The third kappa shape index (κ3) is 6.87. The average molecular weight is 308 g/mol. The largest absolute Gasteiger partial charge is 0.444 e. The fourth-order valence-electron chi connectivity index (χ4n) is 2.01. The van der Waals surface area contributed by atoms with E-state index in [1.54, 1.807) is 0 Å². The van der Waals surface area contributed by atoms with Crippen LogP contribution in [0.4, 0.5) is 4.79 Å². The molecule has 1 amide bonds. The second-order valence-corrected chi connectivity index (χ2v) is 6.46. The molecule has 0 aromatic carbocycles. The maximum atomic E-state index is 11.7. The molecule has 0 saturated carbocycles. The average Bonchev–Trinajstić information content (AvgIpc) is 2.37. The number of hydrogen-bond donors (Lipinski definition) is 2. The fraction of sp³-hybridized carbons (Fsp3) is 0.625. The molecule has 0 aliphatic rings. The Labute approximate surface area is 133 Å². The van der Waals surface area contributed by atoms with Crippen LogP contribution in [0, 0.1) is 6.92 Å². The van der Waals surface area contributed by atoms with Gasteiger partial charge in [0.05, 0.1) is 5.69 Å². The first-order valence-corrected chi connectivity index (χ1v) is 7.51. The van der Waals surface area contributed by atoms with E-state index in [1.165, 1.54) is 0 Å². The molecule has 0 aliphatic heterocycles. The predicted molar refractivity (Wildman–Crippen MR) is 87.5 cm³/mol. The molecular formula is C16H28N4O2.